The molecule has 0 saturated heterocycles. The van der Waals surface area contributed by atoms with Crippen molar-refractivity contribution >= 4 is 0 Å². The van der Waals surface area contributed by atoms with E-state index in [9.17, 15) is 5.11 Å². The van der Waals surface area contributed by atoms with Crippen molar-refractivity contribution in [2.75, 3.05) is 0 Å². The fourth-order valence-electron chi connectivity index (χ4n) is 6.18. The number of hydrogen-bond donors (Lipinski definition) is 1. The van der Waals surface area contributed by atoms with Crippen LogP contribution in [0.1, 0.15) is 79.1 Å². The van der Waals surface area contributed by atoms with E-state index in [1.165, 1.54) is 44.1 Å². The van der Waals surface area contributed by atoms with Gasteiger partial charge in [0.2, 0.25) is 0 Å². The maximum absolute atomic E-state index is 10.2. The van der Waals surface area contributed by atoms with E-state index in [4.69, 9.17) is 0 Å². The molecular formula is C24H38O. The van der Waals surface area contributed by atoms with E-state index in [0.717, 1.165) is 36.2 Å². The molecule has 0 aromatic carbocycles. The lowest BCUT2D eigenvalue weighted by atomic mass is 9.61. The van der Waals surface area contributed by atoms with Crippen LogP contribution in [0.4, 0.5) is 0 Å². The molecule has 25 heavy (non-hydrogen) atoms. The summed E-state index contributed by atoms with van der Waals surface area (Å²) >= 11 is 0. The summed E-state index contributed by atoms with van der Waals surface area (Å²) in [6.07, 6.45) is 14.5. The summed E-state index contributed by atoms with van der Waals surface area (Å²) in [5.41, 5.74) is 4.63. The summed E-state index contributed by atoms with van der Waals surface area (Å²) in [4.78, 5) is 0. The van der Waals surface area contributed by atoms with Crippen LogP contribution in [0.5, 0.6) is 0 Å². The van der Waals surface area contributed by atoms with E-state index in [0.29, 0.717) is 11.3 Å². The fraction of sp³-hybridized carbons (Fsp3) is 0.750. The Morgan fingerprint density at radius 1 is 1.28 bits per heavy atom. The number of hydrogen-bond acceptors (Lipinski definition) is 1. The average molecular weight is 343 g/mol. The molecule has 0 spiro atoms. The molecule has 2 unspecified atom stereocenters. The predicted octanol–water partition coefficient (Wildman–Crippen LogP) is 6.45. The molecule has 0 bridgehead atoms. The van der Waals surface area contributed by atoms with Crippen LogP contribution < -0.4 is 0 Å². The summed E-state index contributed by atoms with van der Waals surface area (Å²) in [5.74, 6) is 2.95. The third-order valence-corrected chi connectivity index (χ3v) is 7.99. The van der Waals surface area contributed by atoms with Gasteiger partial charge in [-0.1, -0.05) is 64.0 Å². The molecule has 1 nitrogen and oxygen atoms in total. The summed E-state index contributed by atoms with van der Waals surface area (Å²) in [7, 11) is 0. The van der Waals surface area contributed by atoms with Gasteiger partial charge >= 0.3 is 0 Å². The standard InChI is InChI=1S/C24H38O/c1-6-16(2)21-11-12-22-20(8-7-13-24(21,22)5)10-9-19-14-17(3)18(4)23(25)15-19/h9-10,16-17,21-23,25H,4,6-8,11-15H2,1-3,5H3/b19-9-,20-10+/t16-,17+,21+,22-,23?,24?/m0/s1. The molecule has 140 valence electrons. The average Bonchev–Trinajstić information content (AvgIpc) is 2.94. The summed E-state index contributed by atoms with van der Waals surface area (Å²) in [6, 6.07) is 0. The Morgan fingerprint density at radius 3 is 2.72 bits per heavy atom. The topological polar surface area (TPSA) is 20.2 Å². The molecule has 1 N–H and O–H groups in total. The highest BCUT2D eigenvalue weighted by molar-refractivity contribution is 5.28. The Hall–Kier alpha value is -0.820. The number of aliphatic hydroxyl groups excluding tert-OH is 1. The van der Waals surface area contributed by atoms with Crippen LogP contribution in [0.2, 0.25) is 0 Å². The first kappa shape index (κ1) is 19.0. The number of fused-ring (bicyclic) bond motifs is 1. The van der Waals surface area contributed by atoms with Crippen LogP contribution in [0, 0.1) is 29.1 Å². The van der Waals surface area contributed by atoms with Crippen LogP contribution in [-0.4, -0.2) is 11.2 Å². The second kappa shape index (κ2) is 7.43. The third-order valence-electron chi connectivity index (χ3n) is 7.99. The van der Waals surface area contributed by atoms with Crippen molar-refractivity contribution in [3.8, 4) is 0 Å². The molecule has 0 aliphatic heterocycles. The quantitative estimate of drug-likeness (QED) is 0.584. The van der Waals surface area contributed by atoms with Crippen molar-refractivity contribution in [1.82, 2.24) is 0 Å². The number of allylic oxidation sites excluding steroid dienone is 3. The van der Waals surface area contributed by atoms with Gasteiger partial charge in [0.05, 0.1) is 6.10 Å². The normalized spacial score (nSPS) is 43.5. The highest BCUT2D eigenvalue weighted by atomic mass is 16.3. The van der Waals surface area contributed by atoms with Gasteiger partial charge in [-0.25, -0.2) is 0 Å². The van der Waals surface area contributed by atoms with Crippen molar-refractivity contribution in [2.45, 2.75) is 85.2 Å². The third kappa shape index (κ3) is 3.54. The Labute approximate surface area is 155 Å². The van der Waals surface area contributed by atoms with E-state index in [-0.39, 0.29) is 6.10 Å². The monoisotopic (exact) mass is 342 g/mol. The van der Waals surface area contributed by atoms with Gasteiger partial charge in [-0.15, -0.1) is 0 Å². The molecule has 0 aromatic heterocycles. The first-order chi connectivity index (χ1) is 11.9. The maximum Gasteiger partial charge on any atom is 0.0787 e. The van der Waals surface area contributed by atoms with Crippen molar-refractivity contribution in [2.24, 2.45) is 29.1 Å². The van der Waals surface area contributed by atoms with Gasteiger partial charge in [-0.05, 0) is 79.6 Å². The van der Waals surface area contributed by atoms with Gasteiger partial charge in [-0.2, -0.15) is 0 Å². The van der Waals surface area contributed by atoms with Crippen molar-refractivity contribution < 1.29 is 5.11 Å². The second-order valence-electron chi connectivity index (χ2n) is 9.45. The van der Waals surface area contributed by atoms with Gasteiger partial charge in [-0.3, -0.25) is 0 Å². The van der Waals surface area contributed by atoms with Gasteiger partial charge in [0, 0.05) is 0 Å². The Morgan fingerprint density at radius 2 is 2.04 bits per heavy atom. The molecular weight excluding hydrogens is 304 g/mol. The minimum absolute atomic E-state index is 0.341. The van der Waals surface area contributed by atoms with Crippen LogP contribution >= 0.6 is 0 Å². The molecule has 3 rings (SSSR count). The van der Waals surface area contributed by atoms with Gasteiger partial charge in [0.15, 0.2) is 0 Å². The Bertz CT molecular complexity index is 553. The minimum atomic E-state index is -0.341. The van der Waals surface area contributed by atoms with Crippen LogP contribution in [-0.2, 0) is 0 Å². The molecule has 1 heteroatoms. The zero-order valence-corrected chi connectivity index (χ0v) is 16.9. The van der Waals surface area contributed by atoms with Gasteiger partial charge < -0.3 is 5.11 Å². The molecule has 3 aliphatic rings. The first-order valence-corrected chi connectivity index (χ1v) is 10.6. The SMILES string of the molecule is C=C1C(O)C/C(=C\C=C2/CCCC3(C)[C@@H]([C@@H](C)CC)CC[C@@H]23)C[C@H]1C. The Balaban J connectivity index is 1.78. The lowest BCUT2D eigenvalue weighted by molar-refractivity contribution is 0.0961. The van der Waals surface area contributed by atoms with Crippen LogP contribution in [0.25, 0.3) is 0 Å². The minimum Gasteiger partial charge on any atom is -0.388 e. The predicted molar refractivity (Wildman–Crippen MR) is 107 cm³/mol. The molecule has 0 aromatic rings. The molecule has 0 amide bonds. The molecule has 3 aliphatic carbocycles. The van der Waals surface area contributed by atoms with Crippen molar-refractivity contribution in [1.29, 1.82) is 0 Å². The molecule has 6 atom stereocenters. The number of rotatable bonds is 3. The largest absolute Gasteiger partial charge is 0.388 e. The molecule has 3 fully saturated rings. The summed E-state index contributed by atoms with van der Waals surface area (Å²) in [5, 5.41) is 10.2. The molecule has 0 radical (unpaired) electrons. The fourth-order valence-corrected chi connectivity index (χ4v) is 6.18. The van der Waals surface area contributed by atoms with Crippen molar-refractivity contribution in [3.05, 3.63) is 35.5 Å². The van der Waals surface area contributed by atoms with Crippen LogP contribution in [0.3, 0.4) is 0 Å². The molecule has 0 heterocycles. The smallest absolute Gasteiger partial charge is 0.0787 e. The van der Waals surface area contributed by atoms with E-state index in [2.05, 4.69) is 46.4 Å². The van der Waals surface area contributed by atoms with E-state index in [1.807, 2.05) is 0 Å². The van der Waals surface area contributed by atoms with E-state index < -0.39 is 0 Å². The van der Waals surface area contributed by atoms with Gasteiger partial charge in [0.1, 0.15) is 0 Å². The second-order valence-corrected chi connectivity index (χ2v) is 9.45. The molecule has 3 saturated carbocycles. The lowest BCUT2D eigenvalue weighted by Crippen LogP contribution is -2.35. The lowest BCUT2D eigenvalue weighted by Gasteiger charge is -2.44. The first-order valence-electron chi connectivity index (χ1n) is 10.6. The van der Waals surface area contributed by atoms with Gasteiger partial charge in [0.25, 0.3) is 0 Å². The summed E-state index contributed by atoms with van der Waals surface area (Å²) < 4.78 is 0. The van der Waals surface area contributed by atoms with Crippen molar-refractivity contribution in [3.63, 3.8) is 0 Å². The zero-order valence-electron chi connectivity index (χ0n) is 16.9. The number of aliphatic hydroxyl groups is 1. The van der Waals surface area contributed by atoms with E-state index >= 15 is 0 Å². The summed E-state index contributed by atoms with van der Waals surface area (Å²) in [6.45, 7) is 13.7. The van der Waals surface area contributed by atoms with Crippen LogP contribution in [0.15, 0.2) is 35.5 Å². The van der Waals surface area contributed by atoms with E-state index in [1.54, 1.807) is 5.57 Å². The highest BCUT2D eigenvalue weighted by Gasteiger charge is 2.50. The Kier molecular flexibility index (Phi) is 5.63. The zero-order chi connectivity index (χ0) is 18.2. The maximum atomic E-state index is 10.2. The highest BCUT2D eigenvalue weighted by Crippen LogP contribution is 2.59.